The number of nitrogens with one attached hydrogen (secondary N) is 1. The Morgan fingerprint density at radius 2 is 2.00 bits per heavy atom. The molecule has 1 fully saturated rings. The fourth-order valence-electron chi connectivity index (χ4n) is 2.48. The van der Waals surface area contributed by atoms with Crippen molar-refractivity contribution in [2.24, 2.45) is 0 Å². The molecule has 3 atom stereocenters. The third kappa shape index (κ3) is 5.21. The highest BCUT2D eigenvalue weighted by Gasteiger charge is 2.30. The van der Waals surface area contributed by atoms with Gasteiger partial charge in [-0.1, -0.05) is 12.1 Å². The Balaban J connectivity index is 1.83. The Labute approximate surface area is 139 Å². The lowest BCUT2D eigenvalue weighted by Crippen LogP contribution is -2.37. The minimum Gasteiger partial charge on any atom is -0.376 e. The first-order valence-electron chi connectivity index (χ1n) is 7.98. The number of hydrogen-bond donors (Lipinski definition) is 1. The van der Waals surface area contributed by atoms with Gasteiger partial charge in [-0.2, -0.15) is 13.2 Å². The molecule has 2 rings (SSSR count). The Kier molecular flexibility index (Phi) is 6.23. The van der Waals surface area contributed by atoms with E-state index in [-0.39, 0.29) is 12.0 Å². The van der Waals surface area contributed by atoms with Crippen molar-refractivity contribution < 1.29 is 27.4 Å². The van der Waals surface area contributed by atoms with Gasteiger partial charge in [-0.05, 0) is 44.4 Å². The number of rotatable bonds is 6. The number of hydrogen-bond acceptors (Lipinski definition) is 3. The molecule has 7 heteroatoms. The van der Waals surface area contributed by atoms with Crippen LogP contribution in [0, 0.1) is 0 Å². The van der Waals surface area contributed by atoms with E-state index in [9.17, 15) is 18.0 Å². The molecular weight excluding hydrogens is 323 g/mol. The average molecular weight is 345 g/mol. The normalized spacial score (nSPS) is 20.6. The molecule has 0 spiro atoms. The van der Waals surface area contributed by atoms with Crippen LogP contribution < -0.4 is 5.32 Å². The number of benzene rings is 1. The van der Waals surface area contributed by atoms with Crippen molar-refractivity contribution in [2.45, 2.75) is 51.1 Å². The van der Waals surface area contributed by atoms with Gasteiger partial charge in [-0.3, -0.25) is 4.79 Å². The van der Waals surface area contributed by atoms with Gasteiger partial charge in [-0.15, -0.1) is 0 Å². The molecule has 1 aliphatic rings. The first-order chi connectivity index (χ1) is 11.3. The number of carbonyl (C=O) groups excluding carboxylic acids is 1. The Hall–Kier alpha value is -1.60. The molecule has 1 aliphatic heterocycles. The summed E-state index contributed by atoms with van der Waals surface area (Å²) in [4.78, 5) is 12.1. The molecule has 0 bridgehead atoms. The summed E-state index contributed by atoms with van der Waals surface area (Å²) in [6.07, 6.45) is -3.05. The minimum absolute atomic E-state index is 0.0348. The summed E-state index contributed by atoms with van der Waals surface area (Å²) in [5.74, 6) is -0.305. The zero-order valence-corrected chi connectivity index (χ0v) is 13.7. The third-order valence-corrected chi connectivity index (χ3v) is 4.02. The maximum absolute atomic E-state index is 12.6. The maximum Gasteiger partial charge on any atom is 0.416 e. The number of ether oxygens (including phenoxy) is 2. The van der Waals surface area contributed by atoms with E-state index in [1.807, 2.05) is 0 Å². The third-order valence-electron chi connectivity index (χ3n) is 4.02. The van der Waals surface area contributed by atoms with Gasteiger partial charge in [0.15, 0.2) is 0 Å². The van der Waals surface area contributed by atoms with Crippen molar-refractivity contribution in [3.05, 3.63) is 35.4 Å². The molecule has 0 unspecified atom stereocenters. The summed E-state index contributed by atoms with van der Waals surface area (Å²) in [5.41, 5.74) is -0.110. The zero-order valence-electron chi connectivity index (χ0n) is 13.7. The van der Waals surface area contributed by atoms with E-state index in [0.717, 1.165) is 31.6 Å². The van der Waals surface area contributed by atoms with Crippen LogP contribution >= 0.6 is 0 Å². The van der Waals surface area contributed by atoms with Crippen molar-refractivity contribution in [3.8, 4) is 0 Å². The molecule has 1 aromatic rings. The van der Waals surface area contributed by atoms with Gasteiger partial charge in [0, 0.05) is 6.61 Å². The van der Waals surface area contributed by atoms with Crippen LogP contribution in [0.25, 0.3) is 0 Å². The molecule has 1 saturated heterocycles. The van der Waals surface area contributed by atoms with E-state index >= 15 is 0 Å². The SMILES string of the molecule is C[C@H](OC[C@H]1CCCO1)C(=O)N[C@H](C)c1ccc(C(F)(F)F)cc1. The van der Waals surface area contributed by atoms with Crippen LogP contribution in [-0.4, -0.2) is 31.3 Å². The summed E-state index contributed by atoms with van der Waals surface area (Å²) in [7, 11) is 0. The largest absolute Gasteiger partial charge is 0.416 e. The van der Waals surface area contributed by atoms with Crippen molar-refractivity contribution in [3.63, 3.8) is 0 Å². The molecule has 1 amide bonds. The predicted octanol–water partition coefficient (Wildman–Crippen LogP) is 3.47. The Morgan fingerprint density at radius 1 is 1.33 bits per heavy atom. The van der Waals surface area contributed by atoms with Gasteiger partial charge >= 0.3 is 6.18 Å². The monoisotopic (exact) mass is 345 g/mol. The van der Waals surface area contributed by atoms with Gasteiger partial charge in [0.05, 0.1) is 24.3 Å². The van der Waals surface area contributed by atoms with E-state index in [1.165, 1.54) is 12.1 Å². The van der Waals surface area contributed by atoms with Gasteiger partial charge < -0.3 is 14.8 Å². The lowest BCUT2D eigenvalue weighted by atomic mass is 10.1. The molecule has 0 aliphatic carbocycles. The Morgan fingerprint density at radius 3 is 2.54 bits per heavy atom. The molecular formula is C17H22F3NO3. The van der Waals surface area contributed by atoms with Crippen LogP contribution in [0.5, 0.6) is 0 Å². The molecule has 0 saturated carbocycles. The summed E-state index contributed by atoms with van der Waals surface area (Å²) >= 11 is 0. The summed E-state index contributed by atoms with van der Waals surface area (Å²) < 4.78 is 48.6. The van der Waals surface area contributed by atoms with Crippen LogP contribution in [0.2, 0.25) is 0 Å². The molecule has 0 aromatic heterocycles. The predicted molar refractivity (Wildman–Crippen MR) is 82.4 cm³/mol. The van der Waals surface area contributed by atoms with Crippen LogP contribution in [0.15, 0.2) is 24.3 Å². The van der Waals surface area contributed by atoms with Crippen LogP contribution in [0.3, 0.4) is 0 Å². The molecule has 1 heterocycles. The summed E-state index contributed by atoms with van der Waals surface area (Å²) in [6, 6.07) is 4.34. The van der Waals surface area contributed by atoms with Crippen LogP contribution in [0.4, 0.5) is 13.2 Å². The number of amides is 1. The van der Waals surface area contributed by atoms with E-state index in [4.69, 9.17) is 9.47 Å². The van der Waals surface area contributed by atoms with Crippen molar-refractivity contribution in [1.29, 1.82) is 0 Å². The van der Waals surface area contributed by atoms with Gasteiger partial charge in [0.25, 0.3) is 0 Å². The molecule has 4 nitrogen and oxygen atoms in total. The van der Waals surface area contributed by atoms with Gasteiger partial charge in [-0.25, -0.2) is 0 Å². The second-order valence-corrected chi connectivity index (χ2v) is 5.96. The standard InChI is InChI=1S/C17H22F3NO3/c1-11(13-5-7-14(8-6-13)17(18,19)20)21-16(22)12(2)24-10-15-4-3-9-23-15/h5-8,11-12,15H,3-4,9-10H2,1-2H3,(H,21,22)/t11-,12+,15-/m1/s1. The molecule has 134 valence electrons. The zero-order chi connectivity index (χ0) is 17.7. The molecule has 24 heavy (non-hydrogen) atoms. The summed E-state index contributed by atoms with van der Waals surface area (Å²) in [5, 5.41) is 2.74. The van der Waals surface area contributed by atoms with Gasteiger partial charge in [0.2, 0.25) is 5.91 Å². The van der Waals surface area contributed by atoms with E-state index < -0.39 is 23.9 Å². The molecule has 1 N–H and O–H groups in total. The highest BCUT2D eigenvalue weighted by Crippen LogP contribution is 2.29. The highest BCUT2D eigenvalue weighted by atomic mass is 19.4. The fourth-order valence-corrected chi connectivity index (χ4v) is 2.48. The number of halogens is 3. The first-order valence-corrected chi connectivity index (χ1v) is 7.98. The highest BCUT2D eigenvalue weighted by molar-refractivity contribution is 5.80. The topological polar surface area (TPSA) is 47.6 Å². The molecule has 0 radical (unpaired) electrons. The van der Waals surface area contributed by atoms with Crippen LogP contribution in [-0.2, 0) is 20.4 Å². The maximum atomic E-state index is 12.6. The quantitative estimate of drug-likeness (QED) is 0.859. The first kappa shape index (κ1) is 18.7. The van der Waals surface area contributed by atoms with Crippen LogP contribution in [0.1, 0.15) is 43.9 Å². The lowest BCUT2D eigenvalue weighted by Gasteiger charge is -2.20. The van der Waals surface area contributed by atoms with Crippen molar-refractivity contribution in [1.82, 2.24) is 5.32 Å². The fraction of sp³-hybridized carbons (Fsp3) is 0.588. The second kappa shape index (κ2) is 7.98. The number of alkyl halides is 3. The number of carbonyl (C=O) groups is 1. The van der Waals surface area contributed by atoms with E-state index in [2.05, 4.69) is 5.32 Å². The van der Waals surface area contributed by atoms with Crippen molar-refractivity contribution >= 4 is 5.91 Å². The lowest BCUT2D eigenvalue weighted by molar-refractivity contribution is -0.137. The van der Waals surface area contributed by atoms with Crippen molar-refractivity contribution in [2.75, 3.05) is 13.2 Å². The van der Waals surface area contributed by atoms with Gasteiger partial charge in [0.1, 0.15) is 6.10 Å². The molecule has 1 aromatic carbocycles. The van der Waals surface area contributed by atoms with E-state index in [0.29, 0.717) is 12.2 Å². The Bertz CT molecular complexity index is 539. The second-order valence-electron chi connectivity index (χ2n) is 5.96. The minimum atomic E-state index is -4.37. The average Bonchev–Trinajstić information content (AvgIpc) is 3.05. The smallest absolute Gasteiger partial charge is 0.376 e. The summed E-state index contributed by atoms with van der Waals surface area (Å²) in [6.45, 7) is 4.44. The van der Waals surface area contributed by atoms with E-state index in [1.54, 1.807) is 13.8 Å².